The Morgan fingerprint density at radius 1 is 1.07 bits per heavy atom. The summed E-state index contributed by atoms with van der Waals surface area (Å²) in [5.41, 5.74) is 1.39. The standard InChI is InChI=1S/C18H19NO7S/c1-26-16-9-5-4-7-13(16)12-6-2-3-8-14(12)17(20)19-15(18(21)22)10-11-27(23,24)25/h2-9,15H,10-11H2,1H3,(H,19,20)(H,21,22)(H,23,24,25)/t15-/m0/s1. The molecule has 9 heteroatoms. The van der Waals surface area contributed by atoms with Gasteiger partial charge in [-0.2, -0.15) is 8.42 Å². The van der Waals surface area contributed by atoms with Gasteiger partial charge in [-0.25, -0.2) is 4.79 Å². The summed E-state index contributed by atoms with van der Waals surface area (Å²) in [6.45, 7) is 0. The number of methoxy groups -OCH3 is 1. The summed E-state index contributed by atoms with van der Waals surface area (Å²) in [7, 11) is -2.85. The Labute approximate surface area is 156 Å². The number of para-hydroxylation sites is 1. The van der Waals surface area contributed by atoms with Crippen molar-refractivity contribution in [3.63, 3.8) is 0 Å². The van der Waals surface area contributed by atoms with Crippen molar-refractivity contribution in [3.05, 3.63) is 54.1 Å². The molecule has 1 atom stereocenters. The molecule has 0 bridgehead atoms. The first-order chi connectivity index (χ1) is 12.7. The van der Waals surface area contributed by atoms with Gasteiger partial charge < -0.3 is 15.2 Å². The summed E-state index contributed by atoms with van der Waals surface area (Å²) in [5.74, 6) is -2.32. The third kappa shape index (κ3) is 5.53. The van der Waals surface area contributed by atoms with Crippen LogP contribution in [0.25, 0.3) is 11.1 Å². The van der Waals surface area contributed by atoms with Crippen LogP contribution in [-0.2, 0) is 14.9 Å². The number of hydrogen-bond acceptors (Lipinski definition) is 5. The van der Waals surface area contributed by atoms with E-state index in [2.05, 4.69) is 5.32 Å². The zero-order valence-electron chi connectivity index (χ0n) is 14.5. The van der Waals surface area contributed by atoms with Crippen molar-refractivity contribution in [1.29, 1.82) is 0 Å². The number of nitrogens with one attached hydrogen (secondary N) is 1. The van der Waals surface area contributed by atoms with Gasteiger partial charge in [-0.15, -0.1) is 0 Å². The normalized spacial score (nSPS) is 12.2. The van der Waals surface area contributed by atoms with Crippen molar-refractivity contribution in [3.8, 4) is 16.9 Å². The highest BCUT2D eigenvalue weighted by molar-refractivity contribution is 7.85. The lowest BCUT2D eigenvalue weighted by Crippen LogP contribution is -2.42. The second kappa shape index (κ2) is 8.65. The minimum atomic E-state index is -4.34. The van der Waals surface area contributed by atoms with Crippen molar-refractivity contribution in [1.82, 2.24) is 5.32 Å². The van der Waals surface area contributed by atoms with Crippen LogP contribution in [0.3, 0.4) is 0 Å². The van der Waals surface area contributed by atoms with Gasteiger partial charge in [-0.05, 0) is 24.1 Å². The second-order valence-corrected chi connectivity index (χ2v) is 7.26. The summed E-state index contributed by atoms with van der Waals surface area (Å²) >= 11 is 0. The Bertz CT molecular complexity index is 940. The molecule has 0 heterocycles. The number of carbonyl (C=O) groups is 2. The SMILES string of the molecule is COc1ccccc1-c1ccccc1C(=O)N[C@@H](CCS(=O)(=O)O)C(=O)O. The predicted octanol–water partition coefficient (Wildman–Crippen LogP) is 1.82. The fraction of sp³-hybridized carbons (Fsp3) is 0.222. The zero-order chi connectivity index (χ0) is 20.0. The molecule has 2 rings (SSSR count). The second-order valence-electron chi connectivity index (χ2n) is 5.68. The first-order valence-corrected chi connectivity index (χ1v) is 9.55. The average Bonchev–Trinajstić information content (AvgIpc) is 2.63. The smallest absolute Gasteiger partial charge is 0.326 e. The molecule has 0 spiro atoms. The molecule has 0 aromatic heterocycles. The summed E-state index contributed by atoms with van der Waals surface area (Å²) in [4.78, 5) is 24.0. The van der Waals surface area contributed by atoms with Gasteiger partial charge in [0, 0.05) is 11.1 Å². The van der Waals surface area contributed by atoms with Crippen LogP contribution in [0.5, 0.6) is 5.75 Å². The van der Waals surface area contributed by atoms with Crippen LogP contribution in [0, 0.1) is 0 Å². The van der Waals surface area contributed by atoms with Crippen molar-refractivity contribution < 1.29 is 32.4 Å². The van der Waals surface area contributed by atoms with Crippen molar-refractivity contribution >= 4 is 22.0 Å². The van der Waals surface area contributed by atoms with Crippen molar-refractivity contribution in [2.24, 2.45) is 0 Å². The molecule has 0 fully saturated rings. The van der Waals surface area contributed by atoms with E-state index in [-0.39, 0.29) is 5.56 Å². The summed E-state index contributed by atoms with van der Waals surface area (Å²) < 4.78 is 35.8. The van der Waals surface area contributed by atoms with Crippen LogP contribution in [0.1, 0.15) is 16.8 Å². The molecule has 0 aliphatic carbocycles. The van der Waals surface area contributed by atoms with E-state index in [0.717, 1.165) is 0 Å². The summed E-state index contributed by atoms with van der Waals surface area (Å²) in [6, 6.07) is 12.2. The summed E-state index contributed by atoms with van der Waals surface area (Å²) in [5, 5.41) is 11.5. The molecule has 0 saturated carbocycles. The minimum absolute atomic E-state index is 0.208. The number of amides is 1. The molecule has 2 aromatic carbocycles. The number of aliphatic carboxylic acids is 1. The topological polar surface area (TPSA) is 130 Å². The fourth-order valence-electron chi connectivity index (χ4n) is 2.54. The lowest BCUT2D eigenvalue weighted by Gasteiger charge is -2.16. The molecule has 0 aliphatic rings. The van der Waals surface area contributed by atoms with Gasteiger partial charge in [-0.1, -0.05) is 36.4 Å². The maximum atomic E-state index is 12.7. The average molecular weight is 393 g/mol. The van der Waals surface area contributed by atoms with Gasteiger partial charge in [0.2, 0.25) is 0 Å². The van der Waals surface area contributed by atoms with Gasteiger partial charge >= 0.3 is 5.97 Å². The molecular formula is C18H19NO7S. The Morgan fingerprint density at radius 2 is 1.67 bits per heavy atom. The Morgan fingerprint density at radius 3 is 2.26 bits per heavy atom. The van der Waals surface area contributed by atoms with Crippen LogP contribution in [0.2, 0.25) is 0 Å². The molecule has 0 saturated heterocycles. The van der Waals surface area contributed by atoms with Gasteiger partial charge in [-0.3, -0.25) is 9.35 Å². The fourth-order valence-corrected chi connectivity index (χ4v) is 3.08. The largest absolute Gasteiger partial charge is 0.496 e. The number of carbonyl (C=O) groups excluding carboxylic acids is 1. The van der Waals surface area contributed by atoms with E-state index < -0.39 is 40.2 Å². The Kier molecular flexibility index (Phi) is 6.54. The number of carboxylic acid groups (broad SMARTS) is 1. The van der Waals surface area contributed by atoms with Crippen LogP contribution in [0.4, 0.5) is 0 Å². The summed E-state index contributed by atoms with van der Waals surface area (Å²) in [6.07, 6.45) is -0.462. The maximum absolute atomic E-state index is 12.7. The maximum Gasteiger partial charge on any atom is 0.326 e. The van der Waals surface area contributed by atoms with Gasteiger partial charge in [0.1, 0.15) is 11.8 Å². The van der Waals surface area contributed by atoms with Gasteiger partial charge in [0.15, 0.2) is 0 Å². The van der Waals surface area contributed by atoms with Crippen LogP contribution in [0.15, 0.2) is 48.5 Å². The van der Waals surface area contributed by atoms with E-state index in [1.807, 2.05) is 0 Å². The quantitative estimate of drug-likeness (QED) is 0.583. The van der Waals surface area contributed by atoms with Crippen molar-refractivity contribution in [2.45, 2.75) is 12.5 Å². The van der Waals surface area contributed by atoms with Crippen molar-refractivity contribution in [2.75, 3.05) is 12.9 Å². The Balaban J connectivity index is 2.32. The van der Waals surface area contributed by atoms with Gasteiger partial charge in [0.05, 0.1) is 12.9 Å². The molecule has 0 radical (unpaired) electrons. The first-order valence-electron chi connectivity index (χ1n) is 7.94. The first kappa shape index (κ1) is 20.4. The molecule has 0 aliphatic heterocycles. The van der Waals surface area contributed by atoms with Gasteiger partial charge in [0.25, 0.3) is 16.0 Å². The highest BCUT2D eigenvalue weighted by atomic mass is 32.2. The number of rotatable bonds is 8. The molecule has 3 N–H and O–H groups in total. The molecular weight excluding hydrogens is 374 g/mol. The van der Waals surface area contributed by atoms with Crippen LogP contribution in [-0.4, -0.2) is 48.9 Å². The molecule has 1 amide bonds. The highest BCUT2D eigenvalue weighted by Crippen LogP contribution is 2.32. The lowest BCUT2D eigenvalue weighted by atomic mass is 9.98. The van der Waals surface area contributed by atoms with E-state index in [4.69, 9.17) is 9.29 Å². The Hall–Kier alpha value is -2.91. The molecule has 0 unspecified atom stereocenters. The zero-order valence-corrected chi connectivity index (χ0v) is 15.3. The highest BCUT2D eigenvalue weighted by Gasteiger charge is 2.24. The monoisotopic (exact) mass is 393 g/mol. The third-order valence-corrected chi connectivity index (χ3v) is 4.59. The number of hydrogen-bond donors (Lipinski definition) is 3. The lowest BCUT2D eigenvalue weighted by molar-refractivity contribution is -0.139. The van der Waals surface area contributed by atoms with Crippen LogP contribution >= 0.6 is 0 Å². The number of benzene rings is 2. The molecule has 144 valence electrons. The van der Waals surface area contributed by atoms with E-state index in [9.17, 15) is 23.1 Å². The molecule has 27 heavy (non-hydrogen) atoms. The van der Waals surface area contributed by atoms with E-state index in [1.165, 1.54) is 13.2 Å². The third-order valence-electron chi connectivity index (χ3n) is 3.84. The van der Waals surface area contributed by atoms with Crippen LogP contribution < -0.4 is 10.1 Å². The van der Waals surface area contributed by atoms with E-state index in [0.29, 0.717) is 16.9 Å². The van der Waals surface area contributed by atoms with E-state index >= 15 is 0 Å². The predicted molar refractivity (Wildman–Crippen MR) is 98.4 cm³/mol. The molecule has 8 nitrogen and oxygen atoms in total. The van der Waals surface area contributed by atoms with E-state index in [1.54, 1.807) is 42.5 Å². The number of carboxylic acids is 1. The number of ether oxygens (including phenoxy) is 1. The minimum Gasteiger partial charge on any atom is -0.496 e. The molecule has 2 aromatic rings.